The third-order valence-corrected chi connectivity index (χ3v) is 3.21. The lowest BCUT2D eigenvalue weighted by atomic mass is 10.0. The van der Waals surface area contributed by atoms with E-state index < -0.39 is 28.6 Å². The summed E-state index contributed by atoms with van der Waals surface area (Å²) in [6.45, 7) is 5.15. The number of rotatable bonds is 3. The molecule has 5 heteroatoms. The summed E-state index contributed by atoms with van der Waals surface area (Å²) in [4.78, 5) is 13.4. The van der Waals surface area contributed by atoms with Crippen molar-refractivity contribution in [3.8, 4) is 0 Å². The van der Waals surface area contributed by atoms with E-state index in [1.54, 1.807) is 13.8 Å². The molecule has 0 aliphatic heterocycles. The maximum atomic E-state index is 13.8. The number of hydrogen-bond donors (Lipinski definition) is 1. The minimum atomic E-state index is -0.859. The first-order valence-corrected chi connectivity index (χ1v) is 5.65. The van der Waals surface area contributed by atoms with Crippen molar-refractivity contribution >= 4 is 5.91 Å². The number of benzene rings is 1. The monoisotopic (exact) mass is 256 g/mol. The van der Waals surface area contributed by atoms with Crippen molar-refractivity contribution in [3.63, 3.8) is 0 Å². The quantitative estimate of drug-likeness (QED) is 0.900. The zero-order valence-electron chi connectivity index (χ0n) is 11.1. The maximum absolute atomic E-state index is 13.8. The van der Waals surface area contributed by atoms with Gasteiger partial charge >= 0.3 is 0 Å². The third-order valence-electron chi connectivity index (χ3n) is 3.21. The van der Waals surface area contributed by atoms with E-state index in [9.17, 15) is 13.6 Å². The van der Waals surface area contributed by atoms with Crippen LogP contribution in [0.4, 0.5) is 8.78 Å². The summed E-state index contributed by atoms with van der Waals surface area (Å²) in [5.41, 5.74) is 4.59. The Balaban J connectivity index is 3.24. The Bertz CT molecular complexity index is 472. The molecule has 0 saturated carbocycles. The maximum Gasteiger partial charge on any atom is 0.260 e. The van der Waals surface area contributed by atoms with Gasteiger partial charge in [0, 0.05) is 19.1 Å². The highest BCUT2D eigenvalue weighted by atomic mass is 19.1. The van der Waals surface area contributed by atoms with E-state index in [-0.39, 0.29) is 12.1 Å². The minimum Gasteiger partial charge on any atom is -0.335 e. The van der Waals surface area contributed by atoms with Crippen molar-refractivity contribution in [2.45, 2.75) is 26.3 Å². The first kappa shape index (κ1) is 14.6. The Morgan fingerprint density at radius 3 is 2.44 bits per heavy atom. The molecule has 0 aliphatic rings. The molecule has 0 aliphatic carbocycles. The second-order valence-electron chi connectivity index (χ2n) is 4.93. The van der Waals surface area contributed by atoms with Crippen molar-refractivity contribution in [2.75, 3.05) is 13.6 Å². The van der Waals surface area contributed by atoms with Gasteiger partial charge in [-0.15, -0.1) is 0 Å². The van der Waals surface area contributed by atoms with Gasteiger partial charge in [0.1, 0.15) is 17.2 Å². The summed E-state index contributed by atoms with van der Waals surface area (Å²) in [5, 5.41) is 0. The Kier molecular flexibility index (Phi) is 4.06. The Morgan fingerprint density at radius 2 is 1.94 bits per heavy atom. The van der Waals surface area contributed by atoms with E-state index in [1.165, 1.54) is 24.9 Å². The van der Waals surface area contributed by atoms with E-state index in [2.05, 4.69) is 0 Å². The summed E-state index contributed by atoms with van der Waals surface area (Å²) in [6.07, 6.45) is 0. The lowest BCUT2D eigenvalue weighted by Crippen LogP contribution is -2.50. The molecule has 0 atom stereocenters. The van der Waals surface area contributed by atoms with Crippen LogP contribution < -0.4 is 5.73 Å². The Morgan fingerprint density at radius 1 is 1.39 bits per heavy atom. The molecule has 3 nitrogen and oxygen atoms in total. The summed E-state index contributed by atoms with van der Waals surface area (Å²) in [7, 11) is 1.48. The average molecular weight is 256 g/mol. The molecule has 0 aromatic heterocycles. The van der Waals surface area contributed by atoms with Gasteiger partial charge in [0.2, 0.25) is 0 Å². The van der Waals surface area contributed by atoms with Crippen LogP contribution in [0.15, 0.2) is 12.1 Å². The van der Waals surface area contributed by atoms with Gasteiger partial charge in [-0.2, -0.15) is 0 Å². The van der Waals surface area contributed by atoms with Crippen molar-refractivity contribution in [2.24, 2.45) is 5.73 Å². The summed E-state index contributed by atoms with van der Waals surface area (Å²) in [6, 6.07) is 2.39. The van der Waals surface area contributed by atoms with Gasteiger partial charge < -0.3 is 10.6 Å². The van der Waals surface area contributed by atoms with Crippen LogP contribution in [0.25, 0.3) is 0 Å². The van der Waals surface area contributed by atoms with Gasteiger partial charge in [0.05, 0.1) is 0 Å². The molecule has 0 bridgehead atoms. The molecule has 0 fully saturated rings. The minimum absolute atomic E-state index is 0.199. The molecule has 2 N–H and O–H groups in total. The van der Waals surface area contributed by atoms with Gasteiger partial charge in [-0.3, -0.25) is 4.79 Å². The van der Waals surface area contributed by atoms with Gasteiger partial charge in [-0.1, -0.05) is 6.07 Å². The van der Waals surface area contributed by atoms with Crippen molar-refractivity contribution < 1.29 is 13.6 Å². The van der Waals surface area contributed by atoms with Gasteiger partial charge in [-0.05, 0) is 32.4 Å². The second-order valence-corrected chi connectivity index (χ2v) is 4.93. The Labute approximate surface area is 106 Å². The van der Waals surface area contributed by atoms with Gasteiger partial charge in [0.15, 0.2) is 0 Å². The van der Waals surface area contributed by atoms with E-state index in [0.29, 0.717) is 0 Å². The topological polar surface area (TPSA) is 46.3 Å². The molecule has 1 aromatic rings. The highest BCUT2D eigenvalue weighted by Crippen LogP contribution is 2.21. The van der Waals surface area contributed by atoms with Crippen LogP contribution in [0, 0.1) is 18.6 Å². The zero-order valence-corrected chi connectivity index (χ0v) is 11.1. The van der Waals surface area contributed by atoms with E-state index in [4.69, 9.17) is 5.73 Å². The normalized spacial score (nSPS) is 11.5. The van der Waals surface area contributed by atoms with Crippen molar-refractivity contribution in [1.29, 1.82) is 0 Å². The van der Waals surface area contributed by atoms with Crippen LogP contribution in [0.3, 0.4) is 0 Å². The van der Waals surface area contributed by atoms with Gasteiger partial charge in [0.25, 0.3) is 5.91 Å². The number of nitrogens with two attached hydrogens (primary N) is 1. The fourth-order valence-electron chi connectivity index (χ4n) is 1.43. The first-order chi connectivity index (χ1) is 8.22. The summed E-state index contributed by atoms with van der Waals surface area (Å²) >= 11 is 0. The lowest BCUT2D eigenvalue weighted by Gasteiger charge is -2.34. The Hall–Kier alpha value is -1.49. The highest BCUT2D eigenvalue weighted by Gasteiger charge is 2.30. The second kappa shape index (κ2) is 5.02. The molecule has 1 aromatic carbocycles. The number of likely N-dealkylation sites (N-methyl/N-ethyl adjacent to an activating group) is 1. The van der Waals surface area contributed by atoms with Crippen LogP contribution in [0.2, 0.25) is 0 Å². The van der Waals surface area contributed by atoms with E-state index in [0.717, 1.165) is 6.07 Å². The fraction of sp³-hybridized carbons (Fsp3) is 0.462. The molecule has 0 heterocycles. The van der Waals surface area contributed by atoms with Crippen LogP contribution in [-0.4, -0.2) is 29.9 Å². The van der Waals surface area contributed by atoms with Gasteiger partial charge in [-0.25, -0.2) is 8.78 Å². The molecular formula is C13H18F2N2O. The molecule has 0 saturated heterocycles. The SMILES string of the molecule is Cc1ccc(F)c(C(=O)N(C)C(C)(C)CN)c1F. The molecule has 1 amide bonds. The van der Waals surface area contributed by atoms with Crippen molar-refractivity contribution in [3.05, 3.63) is 34.9 Å². The third kappa shape index (κ3) is 2.51. The lowest BCUT2D eigenvalue weighted by molar-refractivity contribution is 0.0630. The molecule has 0 unspecified atom stereocenters. The molecule has 100 valence electrons. The summed E-state index contributed by atoms with van der Waals surface area (Å²) < 4.78 is 27.5. The highest BCUT2D eigenvalue weighted by molar-refractivity contribution is 5.95. The molecule has 1 rings (SSSR count). The number of halogens is 2. The zero-order chi connectivity index (χ0) is 14.1. The summed E-state index contributed by atoms with van der Waals surface area (Å²) in [5.74, 6) is -2.38. The number of aryl methyl sites for hydroxylation is 1. The number of carbonyl (C=O) groups excluding carboxylic acids is 1. The molecule has 0 radical (unpaired) electrons. The van der Waals surface area contributed by atoms with E-state index in [1.807, 2.05) is 0 Å². The van der Waals surface area contributed by atoms with Crippen LogP contribution >= 0.6 is 0 Å². The number of hydrogen-bond acceptors (Lipinski definition) is 2. The standard InChI is InChI=1S/C13H18F2N2O/c1-8-5-6-9(14)10(11(8)15)12(18)17(4)13(2,3)7-16/h5-6H,7,16H2,1-4H3. The van der Waals surface area contributed by atoms with E-state index >= 15 is 0 Å². The van der Waals surface area contributed by atoms with Crippen LogP contribution in [0.5, 0.6) is 0 Å². The molecule has 0 spiro atoms. The first-order valence-electron chi connectivity index (χ1n) is 5.65. The number of nitrogens with zero attached hydrogens (tertiary/aromatic N) is 1. The van der Waals surface area contributed by atoms with Crippen LogP contribution in [-0.2, 0) is 0 Å². The number of carbonyl (C=O) groups is 1. The fourth-order valence-corrected chi connectivity index (χ4v) is 1.43. The smallest absolute Gasteiger partial charge is 0.260 e. The van der Waals surface area contributed by atoms with Crippen LogP contribution in [0.1, 0.15) is 29.8 Å². The van der Waals surface area contributed by atoms with Crippen molar-refractivity contribution in [1.82, 2.24) is 4.90 Å². The predicted octanol–water partition coefficient (Wildman–Crippen LogP) is 2.08. The average Bonchev–Trinajstić information content (AvgIpc) is 2.33. The number of amides is 1. The largest absolute Gasteiger partial charge is 0.335 e. The molecule has 18 heavy (non-hydrogen) atoms. The predicted molar refractivity (Wildman–Crippen MR) is 66.3 cm³/mol. The molecular weight excluding hydrogens is 238 g/mol.